The molecule has 6 heteroatoms. The predicted octanol–water partition coefficient (Wildman–Crippen LogP) is 2.64. The molecule has 142 valence electrons. The molecule has 0 aromatic heterocycles. The maximum Gasteiger partial charge on any atom is 0.331 e. The first kappa shape index (κ1) is 18.9. The number of carbonyl (C=O) groups excluding carboxylic acids is 2. The minimum atomic E-state index is -0.561. The van der Waals surface area contributed by atoms with Crippen molar-refractivity contribution in [2.24, 2.45) is 0 Å². The number of rotatable bonds is 5. The number of nitrogens with one attached hydrogen (secondary N) is 1. The largest absolute Gasteiger partial charge is 0.378 e. The number of anilines is 1. The van der Waals surface area contributed by atoms with Crippen LogP contribution in [0.5, 0.6) is 0 Å². The van der Waals surface area contributed by atoms with E-state index in [1.165, 1.54) is 0 Å². The van der Waals surface area contributed by atoms with Gasteiger partial charge < -0.3 is 14.5 Å². The summed E-state index contributed by atoms with van der Waals surface area (Å²) in [6.07, 6.45) is 0.199. The smallest absolute Gasteiger partial charge is 0.331 e. The van der Waals surface area contributed by atoms with Crippen molar-refractivity contribution in [3.63, 3.8) is 0 Å². The Morgan fingerprint density at radius 1 is 1.04 bits per heavy atom. The number of benzene rings is 2. The summed E-state index contributed by atoms with van der Waals surface area (Å²) in [6, 6.07) is 17.4. The first-order valence-corrected chi connectivity index (χ1v) is 9.16. The van der Waals surface area contributed by atoms with Crippen LogP contribution >= 0.6 is 0 Å². The first-order valence-electron chi connectivity index (χ1n) is 9.16. The third-order valence-corrected chi connectivity index (χ3v) is 4.55. The molecule has 0 bridgehead atoms. The number of hydrogen-bond acceptors (Lipinski definition) is 5. The molecule has 6 nitrogen and oxygen atoms in total. The highest BCUT2D eigenvalue weighted by atomic mass is 16.7. The lowest BCUT2D eigenvalue weighted by Gasteiger charge is -2.29. The zero-order valence-electron chi connectivity index (χ0n) is 15.4. The van der Waals surface area contributed by atoms with Gasteiger partial charge in [-0.15, -0.1) is 0 Å². The molecular formula is C21H24N2O4. The van der Waals surface area contributed by atoms with E-state index in [2.05, 4.69) is 10.4 Å². The fourth-order valence-electron chi connectivity index (χ4n) is 3.08. The van der Waals surface area contributed by atoms with Gasteiger partial charge in [0.05, 0.1) is 19.1 Å². The summed E-state index contributed by atoms with van der Waals surface area (Å²) in [5.41, 5.74) is 5.07. The van der Waals surface area contributed by atoms with Gasteiger partial charge in [-0.25, -0.2) is 4.79 Å². The van der Waals surface area contributed by atoms with Gasteiger partial charge in [0.25, 0.3) is 5.91 Å². The van der Waals surface area contributed by atoms with Crippen LogP contribution in [0.25, 0.3) is 0 Å². The minimum Gasteiger partial charge on any atom is -0.378 e. The van der Waals surface area contributed by atoms with Crippen molar-refractivity contribution in [2.45, 2.75) is 19.3 Å². The highest BCUT2D eigenvalue weighted by Crippen LogP contribution is 2.27. The van der Waals surface area contributed by atoms with Crippen LogP contribution in [0.3, 0.4) is 0 Å². The lowest BCUT2D eigenvalue weighted by Crippen LogP contribution is -2.36. The van der Waals surface area contributed by atoms with Crippen LogP contribution in [0.2, 0.25) is 0 Å². The second-order valence-corrected chi connectivity index (χ2v) is 6.33. The van der Waals surface area contributed by atoms with E-state index in [9.17, 15) is 9.59 Å². The standard InChI is InChI=1S/C21H24N2O4/c1-2-19(24)27-22-21(25)20(16-6-4-3-5-7-16)17-8-10-18(11-9-17)23-12-14-26-15-13-23/h3-11,20H,2,12-15H2,1H3,(H,22,25). The van der Waals surface area contributed by atoms with Gasteiger partial charge in [-0.1, -0.05) is 49.4 Å². The Morgan fingerprint density at radius 3 is 2.30 bits per heavy atom. The van der Waals surface area contributed by atoms with Gasteiger partial charge in [-0.3, -0.25) is 4.79 Å². The minimum absolute atomic E-state index is 0.199. The van der Waals surface area contributed by atoms with Crippen LogP contribution in [0.4, 0.5) is 5.69 Å². The van der Waals surface area contributed by atoms with E-state index in [1.807, 2.05) is 54.6 Å². The molecule has 0 spiro atoms. The Balaban J connectivity index is 1.81. The van der Waals surface area contributed by atoms with Crippen molar-refractivity contribution in [1.29, 1.82) is 0 Å². The first-order chi connectivity index (χ1) is 13.2. The molecule has 1 aliphatic rings. The van der Waals surface area contributed by atoms with Crippen molar-refractivity contribution >= 4 is 17.6 Å². The van der Waals surface area contributed by atoms with Crippen molar-refractivity contribution in [2.75, 3.05) is 31.2 Å². The second-order valence-electron chi connectivity index (χ2n) is 6.33. The van der Waals surface area contributed by atoms with Crippen LogP contribution in [0, 0.1) is 0 Å². The van der Waals surface area contributed by atoms with E-state index >= 15 is 0 Å². The Kier molecular flexibility index (Phi) is 6.44. The van der Waals surface area contributed by atoms with E-state index in [1.54, 1.807) is 6.92 Å². The van der Waals surface area contributed by atoms with Crippen molar-refractivity contribution in [3.8, 4) is 0 Å². The van der Waals surface area contributed by atoms with Crippen LogP contribution in [0.15, 0.2) is 54.6 Å². The molecule has 0 aliphatic carbocycles. The van der Waals surface area contributed by atoms with E-state index in [0.717, 1.165) is 43.1 Å². The molecule has 1 atom stereocenters. The summed E-state index contributed by atoms with van der Waals surface area (Å²) >= 11 is 0. The van der Waals surface area contributed by atoms with Gasteiger partial charge in [0.1, 0.15) is 0 Å². The van der Waals surface area contributed by atoms with Gasteiger partial charge in [0.2, 0.25) is 0 Å². The zero-order chi connectivity index (χ0) is 19.1. The maximum atomic E-state index is 12.7. The topological polar surface area (TPSA) is 67.9 Å². The third kappa shape index (κ3) is 4.86. The molecule has 2 aromatic carbocycles. The predicted molar refractivity (Wildman–Crippen MR) is 102 cm³/mol. The van der Waals surface area contributed by atoms with Gasteiger partial charge in [0.15, 0.2) is 0 Å². The Hall–Kier alpha value is -2.86. The summed E-state index contributed by atoms with van der Waals surface area (Å²) in [5, 5.41) is 0. The molecule has 0 radical (unpaired) electrons. The van der Waals surface area contributed by atoms with Crippen LogP contribution < -0.4 is 10.4 Å². The quantitative estimate of drug-likeness (QED) is 0.822. The molecule has 3 rings (SSSR count). The molecule has 27 heavy (non-hydrogen) atoms. The van der Waals surface area contributed by atoms with E-state index in [4.69, 9.17) is 9.57 Å². The molecule has 1 heterocycles. The van der Waals surface area contributed by atoms with Crippen molar-refractivity contribution < 1.29 is 19.2 Å². The summed E-state index contributed by atoms with van der Waals surface area (Å²) in [6.45, 7) is 4.83. The number of hydroxylamine groups is 1. The highest BCUT2D eigenvalue weighted by molar-refractivity contribution is 5.87. The maximum absolute atomic E-state index is 12.7. The number of nitrogens with zero attached hydrogens (tertiary/aromatic N) is 1. The summed E-state index contributed by atoms with van der Waals surface area (Å²) in [7, 11) is 0. The van der Waals surface area contributed by atoms with Gasteiger partial charge >= 0.3 is 5.97 Å². The molecule has 1 N–H and O–H groups in total. The van der Waals surface area contributed by atoms with Crippen molar-refractivity contribution in [1.82, 2.24) is 5.48 Å². The molecule has 0 saturated carbocycles. The molecule has 1 aliphatic heterocycles. The monoisotopic (exact) mass is 368 g/mol. The van der Waals surface area contributed by atoms with Crippen LogP contribution in [-0.4, -0.2) is 38.2 Å². The van der Waals surface area contributed by atoms with Gasteiger partial charge in [-0.2, -0.15) is 5.48 Å². The van der Waals surface area contributed by atoms with E-state index in [0.29, 0.717) is 0 Å². The number of amides is 1. The molecule has 1 saturated heterocycles. The van der Waals surface area contributed by atoms with Crippen molar-refractivity contribution in [3.05, 3.63) is 65.7 Å². The molecule has 1 fully saturated rings. The fourth-order valence-corrected chi connectivity index (χ4v) is 3.08. The summed E-state index contributed by atoms with van der Waals surface area (Å²) in [5.74, 6) is -1.41. The van der Waals surface area contributed by atoms with Gasteiger partial charge in [-0.05, 0) is 23.3 Å². The Morgan fingerprint density at radius 2 is 1.67 bits per heavy atom. The van der Waals surface area contributed by atoms with Gasteiger partial charge in [0, 0.05) is 25.2 Å². The normalized spacial score (nSPS) is 15.1. The molecule has 1 amide bonds. The number of morpholine rings is 1. The fraction of sp³-hybridized carbons (Fsp3) is 0.333. The Labute approximate surface area is 159 Å². The number of hydrogen-bond donors (Lipinski definition) is 1. The zero-order valence-corrected chi connectivity index (χ0v) is 15.4. The second kappa shape index (κ2) is 9.19. The molecule has 2 aromatic rings. The molecule has 1 unspecified atom stereocenters. The Bertz CT molecular complexity index is 756. The van der Waals surface area contributed by atoms with E-state index in [-0.39, 0.29) is 12.3 Å². The van der Waals surface area contributed by atoms with E-state index < -0.39 is 11.9 Å². The third-order valence-electron chi connectivity index (χ3n) is 4.55. The lowest BCUT2D eigenvalue weighted by atomic mass is 9.90. The SMILES string of the molecule is CCC(=O)ONC(=O)C(c1ccccc1)c1ccc(N2CCOCC2)cc1. The number of ether oxygens (including phenoxy) is 1. The van der Waals surface area contributed by atoms with Crippen LogP contribution in [-0.2, 0) is 19.2 Å². The lowest BCUT2D eigenvalue weighted by molar-refractivity contribution is -0.158. The summed E-state index contributed by atoms with van der Waals surface area (Å²) < 4.78 is 5.39. The summed E-state index contributed by atoms with van der Waals surface area (Å²) in [4.78, 5) is 31.2. The number of carbonyl (C=O) groups is 2. The average Bonchev–Trinajstić information content (AvgIpc) is 2.74. The van der Waals surface area contributed by atoms with Crippen LogP contribution in [0.1, 0.15) is 30.4 Å². The average molecular weight is 368 g/mol. The highest BCUT2D eigenvalue weighted by Gasteiger charge is 2.24. The molecular weight excluding hydrogens is 344 g/mol.